The van der Waals surface area contributed by atoms with Crippen LogP contribution in [0.25, 0.3) is 5.69 Å². The van der Waals surface area contributed by atoms with Crippen molar-refractivity contribution in [1.29, 1.82) is 5.26 Å². The van der Waals surface area contributed by atoms with Crippen molar-refractivity contribution in [1.82, 2.24) is 14.7 Å². The van der Waals surface area contributed by atoms with Gasteiger partial charge >= 0.3 is 0 Å². The monoisotopic (exact) mass is 342 g/mol. The molecular weight excluding hydrogens is 320 g/mol. The average molecular weight is 342 g/mol. The van der Waals surface area contributed by atoms with Crippen LogP contribution < -0.4 is 0 Å². The second kappa shape index (κ2) is 7.15. The summed E-state index contributed by atoms with van der Waals surface area (Å²) in [6.07, 6.45) is 2.31. The number of fused-ring (bicyclic) bond motifs is 1. The maximum Gasteiger partial charge on any atom is 0.0720 e. The average Bonchev–Trinajstić information content (AvgIpc) is 3.01. The highest BCUT2D eigenvalue weighted by molar-refractivity contribution is 5.42. The van der Waals surface area contributed by atoms with Gasteiger partial charge in [0.2, 0.25) is 0 Å². The van der Waals surface area contributed by atoms with Gasteiger partial charge in [-0.15, -0.1) is 0 Å². The molecule has 0 N–H and O–H groups in total. The number of rotatable bonds is 4. The summed E-state index contributed by atoms with van der Waals surface area (Å²) in [4.78, 5) is 2.36. The van der Waals surface area contributed by atoms with Crippen LogP contribution >= 0.6 is 0 Å². The van der Waals surface area contributed by atoms with Gasteiger partial charge in [0.25, 0.3) is 0 Å². The molecule has 0 aliphatic carbocycles. The minimum atomic E-state index is 0.446. The van der Waals surface area contributed by atoms with Gasteiger partial charge in [0.05, 0.1) is 29.6 Å². The van der Waals surface area contributed by atoms with Gasteiger partial charge in [-0.25, -0.2) is 4.68 Å². The van der Waals surface area contributed by atoms with Crippen LogP contribution in [-0.4, -0.2) is 28.3 Å². The summed E-state index contributed by atoms with van der Waals surface area (Å²) in [5.74, 6) is 0. The molecule has 2 heterocycles. The summed E-state index contributed by atoms with van der Waals surface area (Å²) in [7, 11) is 2.17. The standard InChI is InChI=1S/C22H22N4/c1-25-14-12-22-20(16-25)21(15-18-5-3-2-4-6-18)24-26(22)19-9-7-17(8-10-19)11-13-23/h2-10H,11-12,14-16H2,1H3. The molecule has 4 heteroatoms. The molecule has 0 atom stereocenters. The van der Waals surface area contributed by atoms with Crippen molar-refractivity contribution < 1.29 is 0 Å². The van der Waals surface area contributed by atoms with Crippen LogP contribution in [0.15, 0.2) is 54.6 Å². The van der Waals surface area contributed by atoms with Gasteiger partial charge < -0.3 is 4.90 Å². The van der Waals surface area contributed by atoms with E-state index < -0.39 is 0 Å². The maximum absolute atomic E-state index is 8.86. The summed E-state index contributed by atoms with van der Waals surface area (Å²) in [6, 6.07) is 20.9. The normalized spacial score (nSPS) is 14.0. The van der Waals surface area contributed by atoms with Gasteiger partial charge in [0, 0.05) is 31.5 Å². The second-order valence-electron chi connectivity index (χ2n) is 6.94. The van der Waals surface area contributed by atoms with Gasteiger partial charge in [-0.05, 0) is 30.3 Å². The third-order valence-electron chi connectivity index (χ3n) is 5.01. The molecule has 4 nitrogen and oxygen atoms in total. The van der Waals surface area contributed by atoms with Crippen molar-refractivity contribution in [3.05, 3.63) is 82.7 Å². The van der Waals surface area contributed by atoms with E-state index in [-0.39, 0.29) is 0 Å². The van der Waals surface area contributed by atoms with Gasteiger partial charge in [-0.1, -0.05) is 42.5 Å². The molecule has 1 aliphatic heterocycles. The molecule has 1 aliphatic rings. The fourth-order valence-electron chi connectivity index (χ4n) is 3.61. The van der Waals surface area contributed by atoms with Crippen molar-refractivity contribution >= 4 is 0 Å². The second-order valence-corrected chi connectivity index (χ2v) is 6.94. The Balaban J connectivity index is 1.73. The third kappa shape index (κ3) is 3.26. The Bertz CT molecular complexity index is 933. The smallest absolute Gasteiger partial charge is 0.0720 e. The third-order valence-corrected chi connectivity index (χ3v) is 5.01. The van der Waals surface area contributed by atoms with Crippen molar-refractivity contribution in [3.63, 3.8) is 0 Å². The molecule has 0 amide bonds. The van der Waals surface area contributed by atoms with Crippen molar-refractivity contribution in [2.45, 2.75) is 25.8 Å². The van der Waals surface area contributed by atoms with E-state index in [2.05, 4.69) is 59.1 Å². The Morgan fingerprint density at radius 1 is 1.04 bits per heavy atom. The molecule has 0 saturated heterocycles. The van der Waals surface area contributed by atoms with Crippen molar-refractivity contribution in [2.75, 3.05) is 13.6 Å². The highest BCUT2D eigenvalue weighted by atomic mass is 15.3. The zero-order chi connectivity index (χ0) is 17.9. The Kier molecular flexibility index (Phi) is 4.55. The van der Waals surface area contributed by atoms with E-state index in [1.165, 1.54) is 22.5 Å². The molecular formula is C22H22N4. The Morgan fingerprint density at radius 2 is 1.81 bits per heavy atom. The zero-order valence-corrected chi connectivity index (χ0v) is 15.0. The summed E-state index contributed by atoms with van der Waals surface area (Å²) in [5, 5.41) is 13.9. The van der Waals surface area contributed by atoms with Crippen molar-refractivity contribution in [3.8, 4) is 11.8 Å². The molecule has 0 unspecified atom stereocenters. The molecule has 0 fully saturated rings. The van der Waals surface area contributed by atoms with Gasteiger partial charge in [-0.2, -0.15) is 10.4 Å². The van der Waals surface area contributed by atoms with E-state index in [1.54, 1.807) is 0 Å². The number of benzene rings is 2. The van der Waals surface area contributed by atoms with Crippen LogP contribution in [0.4, 0.5) is 0 Å². The highest BCUT2D eigenvalue weighted by Crippen LogP contribution is 2.26. The van der Waals surface area contributed by atoms with E-state index in [0.717, 1.165) is 37.2 Å². The maximum atomic E-state index is 8.86. The lowest BCUT2D eigenvalue weighted by atomic mass is 10.0. The van der Waals surface area contributed by atoms with Crippen molar-refractivity contribution in [2.24, 2.45) is 0 Å². The van der Waals surface area contributed by atoms with Gasteiger partial charge in [0.1, 0.15) is 0 Å². The van der Waals surface area contributed by atoms with Gasteiger partial charge in [-0.3, -0.25) is 0 Å². The molecule has 1 aromatic heterocycles. The molecule has 0 bridgehead atoms. The minimum Gasteiger partial charge on any atom is -0.302 e. The minimum absolute atomic E-state index is 0.446. The fourth-order valence-corrected chi connectivity index (χ4v) is 3.61. The molecule has 0 saturated carbocycles. The van der Waals surface area contributed by atoms with E-state index in [9.17, 15) is 0 Å². The number of aromatic nitrogens is 2. The summed E-state index contributed by atoms with van der Waals surface area (Å²) in [6.45, 7) is 2.00. The SMILES string of the molecule is CN1CCc2c(c(Cc3ccccc3)nn2-c2ccc(CC#N)cc2)C1. The lowest BCUT2D eigenvalue weighted by molar-refractivity contribution is 0.309. The Hall–Kier alpha value is -2.90. The van der Waals surface area contributed by atoms with Crippen LogP contribution in [0.1, 0.15) is 28.1 Å². The lowest BCUT2D eigenvalue weighted by Crippen LogP contribution is -2.27. The lowest BCUT2D eigenvalue weighted by Gasteiger charge is -2.23. The van der Waals surface area contributed by atoms with Crippen LogP contribution in [0.3, 0.4) is 0 Å². The quantitative estimate of drug-likeness (QED) is 0.729. The molecule has 0 radical (unpaired) electrons. The summed E-state index contributed by atoms with van der Waals surface area (Å²) < 4.78 is 2.11. The Labute approximate surface area is 154 Å². The van der Waals surface area contributed by atoms with E-state index >= 15 is 0 Å². The zero-order valence-electron chi connectivity index (χ0n) is 15.0. The molecule has 0 spiro atoms. The van der Waals surface area contributed by atoms with E-state index in [0.29, 0.717) is 6.42 Å². The first-order chi connectivity index (χ1) is 12.7. The highest BCUT2D eigenvalue weighted by Gasteiger charge is 2.23. The molecule has 4 rings (SSSR count). The number of hydrogen-bond donors (Lipinski definition) is 0. The first-order valence-corrected chi connectivity index (χ1v) is 9.03. The molecule has 130 valence electrons. The van der Waals surface area contributed by atoms with Crippen LogP contribution in [0.5, 0.6) is 0 Å². The Morgan fingerprint density at radius 3 is 2.54 bits per heavy atom. The van der Waals surface area contributed by atoms with E-state index in [4.69, 9.17) is 10.4 Å². The van der Waals surface area contributed by atoms with Crippen LogP contribution in [-0.2, 0) is 25.8 Å². The number of nitriles is 1. The van der Waals surface area contributed by atoms with Crippen LogP contribution in [0, 0.1) is 11.3 Å². The fraction of sp³-hybridized carbons (Fsp3) is 0.273. The largest absolute Gasteiger partial charge is 0.302 e. The summed E-state index contributed by atoms with van der Waals surface area (Å²) in [5.41, 5.74) is 7.26. The number of hydrogen-bond acceptors (Lipinski definition) is 3. The molecule has 2 aromatic carbocycles. The van der Waals surface area contributed by atoms with Gasteiger partial charge in [0.15, 0.2) is 0 Å². The first kappa shape index (κ1) is 16.6. The topological polar surface area (TPSA) is 44.9 Å². The first-order valence-electron chi connectivity index (χ1n) is 9.03. The van der Waals surface area contributed by atoms with E-state index in [1.807, 2.05) is 18.2 Å². The molecule has 3 aromatic rings. The predicted octanol–water partition coefficient (Wildman–Crippen LogP) is 3.52. The predicted molar refractivity (Wildman–Crippen MR) is 102 cm³/mol. The number of likely N-dealkylation sites (N-methyl/N-ethyl adjacent to an activating group) is 1. The summed E-state index contributed by atoms with van der Waals surface area (Å²) >= 11 is 0. The number of nitrogens with zero attached hydrogens (tertiary/aromatic N) is 4. The molecule has 26 heavy (non-hydrogen) atoms. The van der Waals surface area contributed by atoms with Crippen LogP contribution in [0.2, 0.25) is 0 Å².